The first-order valence-electron chi connectivity index (χ1n) is 4.80. The quantitative estimate of drug-likeness (QED) is 0.607. The van der Waals surface area contributed by atoms with E-state index in [1.54, 1.807) is 0 Å². The van der Waals surface area contributed by atoms with Gasteiger partial charge in [-0.2, -0.15) is 0 Å². The summed E-state index contributed by atoms with van der Waals surface area (Å²) in [5.41, 5.74) is 0. The van der Waals surface area contributed by atoms with Crippen LogP contribution in [0.4, 0.5) is 0 Å². The van der Waals surface area contributed by atoms with E-state index in [1.165, 1.54) is 13.3 Å². The van der Waals surface area contributed by atoms with Gasteiger partial charge in [0, 0.05) is 0 Å². The summed E-state index contributed by atoms with van der Waals surface area (Å²) in [6.45, 7) is 1.37. The minimum atomic E-state index is -2.79. The van der Waals surface area contributed by atoms with Gasteiger partial charge in [0.05, 0.1) is 0 Å². The van der Waals surface area contributed by atoms with Gasteiger partial charge in [-0.05, 0) is 0 Å². The van der Waals surface area contributed by atoms with E-state index < -0.39 is 6.11 Å². The van der Waals surface area contributed by atoms with E-state index in [0.29, 0.717) is 0 Å². The summed E-state index contributed by atoms with van der Waals surface area (Å²) in [5, 5.41) is 2.42. The predicted octanol–water partition coefficient (Wildman–Crippen LogP) is 1.31. The summed E-state index contributed by atoms with van der Waals surface area (Å²) in [5.74, 6) is -0.268. The Kier molecular flexibility index (Phi) is 4.81. The third kappa shape index (κ3) is 4.72. The Morgan fingerprint density at radius 2 is 2.07 bits per heavy atom. The molecule has 1 unspecified atom stereocenters. The van der Waals surface area contributed by atoms with Crippen molar-refractivity contribution in [2.24, 2.45) is 0 Å². The standard InChI is InChI=1S/C8H16NO3PSe/c1-7(10)9-13(11,14)12-8-5-3-2-4-6-8/h8H,2-6H2,1H3,(H2,9,10,11,14). The van der Waals surface area contributed by atoms with E-state index in [1.807, 2.05) is 0 Å². The van der Waals surface area contributed by atoms with Gasteiger partial charge in [-0.25, -0.2) is 0 Å². The van der Waals surface area contributed by atoms with Crippen LogP contribution >= 0.6 is 6.11 Å². The Bertz CT molecular complexity index is 253. The Morgan fingerprint density at radius 1 is 1.50 bits per heavy atom. The first-order valence-corrected chi connectivity index (χ1v) is 8.67. The summed E-state index contributed by atoms with van der Waals surface area (Å²) in [6, 6.07) is 0. The molecule has 0 aliphatic heterocycles. The molecule has 2 N–H and O–H groups in total. The molecule has 1 fully saturated rings. The molecule has 0 aromatic heterocycles. The fraction of sp³-hybridized carbons (Fsp3) is 0.875. The minimum absolute atomic E-state index is 0.0928. The fourth-order valence-corrected chi connectivity index (χ4v) is 4.24. The molecule has 6 heteroatoms. The van der Waals surface area contributed by atoms with Gasteiger partial charge in [0.2, 0.25) is 0 Å². The van der Waals surface area contributed by atoms with Crippen LogP contribution in [0, 0.1) is 0 Å². The van der Waals surface area contributed by atoms with Crippen molar-refractivity contribution in [3.8, 4) is 0 Å². The molecule has 1 aliphatic rings. The molecule has 1 atom stereocenters. The van der Waals surface area contributed by atoms with Crippen molar-refractivity contribution in [1.29, 1.82) is 0 Å². The van der Waals surface area contributed by atoms with E-state index in [0.717, 1.165) is 25.7 Å². The average molecular weight is 284 g/mol. The SMILES string of the molecule is CC(=O)NP(O)(=[Se])OC1CCCCC1. The van der Waals surface area contributed by atoms with Crippen molar-refractivity contribution in [3.05, 3.63) is 0 Å². The number of nitrogens with one attached hydrogen (secondary N) is 1. The van der Waals surface area contributed by atoms with Crippen LogP contribution in [-0.2, 0) is 9.32 Å². The van der Waals surface area contributed by atoms with Crippen LogP contribution in [0.15, 0.2) is 0 Å². The van der Waals surface area contributed by atoms with E-state index in [4.69, 9.17) is 4.52 Å². The van der Waals surface area contributed by atoms with E-state index >= 15 is 0 Å². The van der Waals surface area contributed by atoms with Crippen LogP contribution in [0.5, 0.6) is 0 Å². The van der Waals surface area contributed by atoms with Crippen molar-refractivity contribution in [2.75, 3.05) is 0 Å². The van der Waals surface area contributed by atoms with Crippen LogP contribution in [0.25, 0.3) is 0 Å². The Hall–Kier alpha value is 0.339. The van der Waals surface area contributed by atoms with Gasteiger partial charge < -0.3 is 0 Å². The Balaban J connectivity index is 2.40. The molecule has 0 bridgehead atoms. The van der Waals surface area contributed by atoms with Crippen molar-refractivity contribution < 1.29 is 14.2 Å². The van der Waals surface area contributed by atoms with E-state index in [2.05, 4.69) is 20.2 Å². The average Bonchev–Trinajstić information content (AvgIpc) is 2.02. The van der Waals surface area contributed by atoms with Gasteiger partial charge in [0.15, 0.2) is 0 Å². The Labute approximate surface area is 91.8 Å². The number of hydrogen-bond donors (Lipinski definition) is 2. The summed E-state index contributed by atoms with van der Waals surface area (Å²) < 4.78 is 5.47. The summed E-state index contributed by atoms with van der Waals surface area (Å²) in [6.07, 6.45) is 2.78. The zero-order chi connectivity index (χ0) is 10.6. The van der Waals surface area contributed by atoms with Gasteiger partial charge in [0.25, 0.3) is 0 Å². The molecule has 1 amide bonds. The van der Waals surface area contributed by atoms with Crippen LogP contribution in [0.1, 0.15) is 39.0 Å². The molecule has 14 heavy (non-hydrogen) atoms. The maximum absolute atomic E-state index is 10.8. The predicted molar refractivity (Wildman–Crippen MR) is 56.7 cm³/mol. The zero-order valence-electron chi connectivity index (χ0n) is 8.23. The molecule has 1 rings (SSSR count). The van der Waals surface area contributed by atoms with Crippen LogP contribution in [-0.4, -0.2) is 32.0 Å². The van der Waals surface area contributed by atoms with Crippen molar-refractivity contribution >= 4 is 27.1 Å². The molecule has 82 valence electrons. The van der Waals surface area contributed by atoms with Gasteiger partial charge >= 0.3 is 91.5 Å². The number of hydrogen-bond acceptors (Lipinski definition) is 3. The molecule has 0 heterocycles. The monoisotopic (exact) mass is 285 g/mol. The molecule has 1 aliphatic carbocycles. The molecule has 4 nitrogen and oxygen atoms in total. The molecular formula is C8H16NO3PSe. The molecule has 0 spiro atoms. The molecule has 0 saturated heterocycles. The second-order valence-corrected chi connectivity index (χ2v) is 8.14. The molecule has 1 saturated carbocycles. The van der Waals surface area contributed by atoms with E-state index in [9.17, 15) is 9.69 Å². The van der Waals surface area contributed by atoms with Gasteiger partial charge in [-0.3, -0.25) is 0 Å². The van der Waals surface area contributed by atoms with Crippen molar-refractivity contribution in [2.45, 2.75) is 45.1 Å². The van der Waals surface area contributed by atoms with Gasteiger partial charge in [-0.1, -0.05) is 0 Å². The number of carbonyl (C=O) groups is 1. The number of rotatable bonds is 3. The first-order chi connectivity index (χ1) is 6.49. The summed E-state index contributed by atoms with van der Waals surface area (Å²) in [7, 11) is 0. The van der Waals surface area contributed by atoms with Crippen LogP contribution in [0.3, 0.4) is 0 Å². The van der Waals surface area contributed by atoms with Crippen molar-refractivity contribution in [1.82, 2.24) is 5.09 Å². The topological polar surface area (TPSA) is 58.6 Å². The third-order valence-electron chi connectivity index (χ3n) is 2.14. The molecule has 0 radical (unpaired) electrons. The van der Waals surface area contributed by atoms with Gasteiger partial charge in [0.1, 0.15) is 0 Å². The summed E-state index contributed by atoms with van der Waals surface area (Å²) in [4.78, 5) is 20.5. The maximum atomic E-state index is 10.8. The first kappa shape index (κ1) is 12.4. The van der Waals surface area contributed by atoms with Crippen LogP contribution in [0.2, 0.25) is 0 Å². The zero-order valence-corrected chi connectivity index (χ0v) is 10.8. The van der Waals surface area contributed by atoms with Gasteiger partial charge in [-0.15, -0.1) is 0 Å². The summed E-state index contributed by atoms with van der Waals surface area (Å²) >= 11 is 2.54. The second kappa shape index (κ2) is 5.43. The number of carbonyl (C=O) groups excluding carboxylic acids is 1. The molecule has 0 aromatic carbocycles. The molecular weight excluding hydrogens is 268 g/mol. The Morgan fingerprint density at radius 3 is 2.57 bits per heavy atom. The third-order valence-corrected chi connectivity index (χ3v) is 4.44. The van der Waals surface area contributed by atoms with E-state index in [-0.39, 0.29) is 12.0 Å². The fourth-order valence-electron chi connectivity index (χ4n) is 1.60. The molecule has 0 aromatic rings. The normalized spacial score (nSPS) is 22.7. The number of amides is 1. The second-order valence-electron chi connectivity index (χ2n) is 3.55. The van der Waals surface area contributed by atoms with Crippen molar-refractivity contribution in [3.63, 3.8) is 0 Å². The van der Waals surface area contributed by atoms with Crippen LogP contribution < -0.4 is 5.09 Å².